The number of ether oxygens (including phenoxy) is 2. The molecule has 4 nitrogen and oxygen atoms in total. The molecule has 26 heavy (non-hydrogen) atoms. The molecule has 138 valence electrons. The molecule has 2 aliphatic rings. The number of anilines is 1. The molecule has 0 bridgehead atoms. The van der Waals surface area contributed by atoms with Crippen molar-refractivity contribution in [1.29, 1.82) is 0 Å². The molecule has 1 saturated heterocycles. The molecule has 0 spiro atoms. The standard InChI is InChI=1S/C22H28N2O2/c1-4-24-11-5-6-17(14-24)23-22-15(2)7-10-20-19(22)12-16-8-9-18(25-3)13-21(16)26-20/h7-10,13,17,23H,4-6,11-12,14H2,1-3H3. The van der Waals surface area contributed by atoms with Gasteiger partial charge in [-0.15, -0.1) is 0 Å². The van der Waals surface area contributed by atoms with Crippen LogP contribution in [0.2, 0.25) is 0 Å². The van der Waals surface area contributed by atoms with Crippen molar-refractivity contribution < 1.29 is 9.47 Å². The highest BCUT2D eigenvalue weighted by Gasteiger charge is 2.25. The van der Waals surface area contributed by atoms with Gasteiger partial charge in [-0.1, -0.05) is 19.1 Å². The molecule has 1 N–H and O–H groups in total. The van der Waals surface area contributed by atoms with Gasteiger partial charge in [-0.05, 0) is 56.1 Å². The lowest BCUT2D eigenvalue weighted by molar-refractivity contribution is 0.227. The summed E-state index contributed by atoms with van der Waals surface area (Å²) in [6.07, 6.45) is 3.38. The second-order valence-electron chi connectivity index (χ2n) is 7.36. The fourth-order valence-electron chi connectivity index (χ4n) is 4.09. The number of benzene rings is 2. The van der Waals surface area contributed by atoms with Crippen LogP contribution >= 0.6 is 0 Å². The minimum absolute atomic E-state index is 0.506. The number of hydrogen-bond acceptors (Lipinski definition) is 4. The van der Waals surface area contributed by atoms with Gasteiger partial charge in [0.2, 0.25) is 0 Å². The summed E-state index contributed by atoms with van der Waals surface area (Å²) in [6.45, 7) is 7.90. The molecule has 1 unspecified atom stereocenters. The number of likely N-dealkylation sites (tertiary alicyclic amines) is 1. The molecule has 0 radical (unpaired) electrons. The predicted molar refractivity (Wildman–Crippen MR) is 106 cm³/mol. The number of hydrogen-bond donors (Lipinski definition) is 1. The SMILES string of the molecule is CCN1CCCC(Nc2c(C)ccc3c2Cc2ccc(OC)cc2O3)C1. The molecule has 4 heteroatoms. The van der Waals surface area contributed by atoms with Crippen LogP contribution in [-0.2, 0) is 6.42 Å². The van der Waals surface area contributed by atoms with Crippen molar-refractivity contribution >= 4 is 5.69 Å². The third-order valence-corrected chi connectivity index (χ3v) is 5.64. The maximum atomic E-state index is 6.22. The normalized spacial score (nSPS) is 19.3. The van der Waals surface area contributed by atoms with Gasteiger partial charge in [-0.2, -0.15) is 0 Å². The highest BCUT2D eigenvalue weighted by atomic mass is 16.5. The van der Waals surface area contributed by atoms with Crippen molar-refractivity contribution in [3.8, 4) is 17.2 Å². The van der Waals surface area contributed by atoms with Crippen LogP contribution in [0.1, 0.15) is 36.5 Å². The monoisotopic (exact) mass is 352 g/mol. The van der Waals surface area contributed by atoms with Crippen molar-refractivity contribution in [3.05, 3.63) is 47.0 Å². The highest BCUT2D eigenvalue weighted by molar-refractivity contribution is 5.67. The van der Waals surface area contributed by atoms with Gasteiger partial charge in [-0.25, -0.2) is 0 Å². The molecule has 2 aromatic rings. The lowest BCUT2D eigenvalue weighted by Crippen LogP contribution is -2.42. The van der Waals surface area contributed by atoms with Crippen LogP contribution in [0, 0.1) is 6.92 Å². The Balaban J connectivity index is 1.62. The molecule has 0 saturated carbocycles. The Kier molecular flexibility index (Phi) is 4.77. The molecule has 1 fully saturated rings. The topological polar surface area (TPSA) is 33.7 Å². The Morgan fingerprint density at radius 3 is 2.92 bits per heavy atom. The first-order chi connectivity index (χ1) is 12.7. The molecule has 1 atom stereocenters. The number of nitrogens with zero attached hydrogens (tertiary/aromatic N) is 1. The van der Waals surface area contributed by atoms with Crippen molar-refractivity contribution in [3.63, 3.8) is 0 Å². The van der Waals surface area contributed by atoms with Crippen molar-refractivity contribution in [2.75, 3.05) is 32.1 Å². The number of nitrogens with one attached hydrogen (secondary N) is 1. The zero-order chi connectivity index (χ0) is 18.1. The quantitative estimate of drug-likeness (QED) is 0.744. The molecule has 4 rings (SSSR count). The Labute approximate surface area is 156 Å². The van der Waals surface area contributed by atoms with E-state index in [0.29, 0.717) is 6.04 Å². The number of piperidine rings is 1. The van der Waals surface area contributed by atoms with E-state index >= 15 is 0 Å². The van der Waals surface area contributed by atoms with E-state index in [1.807, 2.05) is 12.1 Å². The van der Waals surface area contributed by atoms with E-state index in [9.17, 15) is 0 Å². The van der Waals surface area contributed by atoms with Crippen LogP contribution in [0.25, 0.3) is 0 Å². The van der Waals surface area contributed by atoms with Crippen molar-refractivity contribution in [2.45, 2.75) is 39.2 Å². The molecule has 0 amide bonds. The first kappa shape index (κ1) is 17.2. The Morgan fingerprint density at radius 2 is 2.12 bits per heavy atom. The predicted octanol–water partition coefficient (Wildman–Crippen LogP) is 4.60. The molecule has 0 aromatic heterocycles. The lowest BCUT2D eigenvalue weighted by Gasteiger charge is -2.34. The van der Waals surface area contributed by atoms with Crippen LogP contribution < -0.4 is 14.8 Å². The van der Waals surface area contributed by atoms with Crippen molar-refractivity contribution in [1.82, 2.24) is 4.90 Å². The third kappa shape index (κ3) is 3.26. The minimum atomic E-state index is 0.506. The summed E-state index contributed by atoms with van der Waals surface area (Å²) in [5.74, 6) is 2.70. The average molecular weight is 352 g/mol. The second kappa shape index (κ2) is 7.20. The van der Waals surface area contributed by atoms with Gasteiger partial charge in [0.05, 0.1) is 7.11 Å². The summed E-state index contributed by atoms with van der Waals surface area (Å²) in [4.78, 5) is 2.53. The van der Waals surface area contributed by atoms with E-state index < -0.39 is 0 Å². The van der Waals surface area contributed by atoms with E-state index in [2.05, 4.69) is 42.3 Å². The van der Waals surface area contributed by atoms with Crippen molar-refractivity contribution in [2.24, 2.45) is 0 Å². The van der Waals surface area contributed by atoms with Crippen LogP contribution in [-0.4, -0.2) is 37.7 Å². The van der Waals surface area contributed by atoms with Crippen LogP contribution in [0.15, 0.2) is 30.3 Å². The third-order valence-electron chi connectivity index (χ3n) is 5.64. The van der Waals surface area contributed by atoms with Gasteiger partial charge in [0.1, 0.15) is 17.2 Å². The second-order valence-corrected chi connectivity index (χ2v) is 7.36. The highest BCUT2D eigenvalue weighted by Crippen LogP contribution is 2.42. The van der Waals surface area contributed by atoms with Gasteiger partial charge in [0.15, 0.2) is 0 Å². The zero-order valence-corrected chi connectivity index (χ0v) is 16.0. The summed E-state index contributed by atoms with van der Waals surface area (Å²) in [7, 11) is 1.69. The van der Waals surface area contributed by atoms with Gasteiger partial charge in [0, 0.05) is 36.3 Å². The molecule has 2 aliphatic heterocycles. The number of aryl methyl sites for hydroxylation is 1. The smallest absolute Gasteiger partial charge is 0.134 e. The van der Waals surface area contributed by atoms with Crippen LogP contribution in [0.3, 0.4) is 0 Å². The molecule has 2 heterocycles. The summed E-state index contributed by atoms with van der Waals surface area (Å²) in [5, 5.41) is 3.85. The minimum Gasteiger partial charge on any atom is -0.497 e. The van der Waals surface area contributed by atoms with Gasteiger partial charge in [0.25, 0.3) is 0 Å². The average Bonchev–Trinajstić information content (AvgIpc) is 2.68. The van der Waals surface area contributed by atoms with Gasteiger partial charge in [-0.3, -0.25) is 0 Å². The van der Waals surface area contributed by atoms with Gasteiger partial charge >= 0.3 is 0 Å². The number of methoxy groups -OCH3 is 1. The number of rotatable bonds is 4. The molecular formula is C22H28N2O2. The fraction of sp³-hybridized carbons (Fsp3) is 0.455. The Morgan fingerprint density at radius 1 is 1.23 bits per heavy atom. The summed E-state index contributed by atoms with van der Waals surface area (Å²) < 4.78 is 11.6. The Bertz CT molecular complexity index is 803. The number of likely N-dealkylation sites (N-methyl/N-ethyl adjacent to an activating group) is 1. The number of fused-ring (bicyclic) bond motifs is 2. The molecule has 2 aromatic carbocycles. The largest absolute Gasteiger partial charge is 0.497 e. The summed E-state index contributed by atoms with van der Waals surface area (Å²) in [5.41, 5.74) is 5.03. The zero-order valence-electron chi connectivity index (χ0n) is 16.0. The Hall–Kier alpha value is -2.20. The summed E-state index contributed by atoms with van der Waals surface area (Å²) >= 11 is 0. The van der Waals surface area contributed by atoms with E-state index in [0.717, 1.165) is 36.8 Å². The van der Waals surface area contributed by atoms with E-state index in [1.54, 1.807) is 7.11 Å². The maximum Gasteiger partial charge on any atom is 0.134 e. The maximum absolute atomic E-state index is 6.22. The van der Waals surface area contributed by atoms with Crippen LogP contribution in [0.5, 0.6) is 17.2 Å². The lowest BCUT2D eigenvalue weighted by atomic mass is 9.95. The summed E-state index contributed by atoms with van der Waals surface area (Å²) in [6, 6.07) is 10.9. The van der Waals surface area contributed by atoms with Gasteiger partial charge < -0.3 is 19.7 Å². The molecular weight excluding hydrogens is 324 g/mol. The van der Waals surface area contributed by atoms with Crippen LogP contribution in [0.4, 0.5) is 5.69 Å². The van der Waals surface area contributed by atoms with E-state index in [4.69, 9.17) is 9.47 Å². The first-order valence-corrected chi connectivity index (χ1v) is 9.64. The van der Waals surface area contributed by atoms with E-state index in [-0.39, 0.29) is 0 Å². The van der Waals surface area contributed by atoms with E-state index in [1.165, 1.54) is 41.8 Å². The first-order valence-electron chi connectivity index (χ1n) is 9.64. The molecule has 0 aliphatic carbocycles. The fourth-order valence-corrected chi connectivity index (χ4v) is 4.09.